The fraction of sp³-hybridized carbons (Fsp3) is 0.250. The van der Waals surface area contributed by atoms with Crippen molar-refractivity contribution < 1.29 is 17.9 Å². The molecule has 0 aliphatic heterocycles. The average molecular weight is 239 g/mol. The Morgan fingerprint density at radius 1 is 1.50 bits per heavy atom. The van der Waals surface area contributed by atoms with Gasteiger partial charge in [-0.25, -0.2) is 12.8 Å². The molecule has 0 amide bonds. The maximum absolute atomic E-state index is 12.8. The molecule has 6 heteroatoms. The van der Waals surface area contributed by atoms with Crippen molar-refractivity contribution in [2.24, 2.45) is 0 Å². The molecular formula is C8H8ClFO3S. The summed E-state index contributed by atoms with van der Waals surface area (Å²) in [7, 11) is 1.20. The smallest absolute Gasteiger partial charge is 0.236 e. The lowest BCUT2D eigenvalue weighted by atomic mass is 10.1. The molecule has 0 saturated carbocycles. The lowest BCUT2D eigenvalue weighted by Gasteiger charge is -2.05. The van der Waals surface area contributed by atoms with Gasteiger partial charge in [0.2, 0.25) is 9.05 Å². The zero-order valence-corrected chi connectivity index (χ0v) is 8.86. The highest BCUT2D eigenvalue weighted by atomic mass is 35.7. The highest BCUT2D eigenvalue weighted by Gasteiger charge is 2.13. The largest absolute Gasteiger partial charge is 0.507 e. The van der Waals surface area contributed by atoms with Crippen LogP contribution in [0.4, 0.5) is 4.39 Å². The maximum Gasteiger partial charge on any atom is 0.236 e. The van der Waals surface area contributed by atoms with Gasteiger partial charge in [0.05, 0.1) is 5.75 Å². The molecule has 1 rings (SSSR count). The van der Waals surface area contributed by atoms with Gasteiger partial charge in [-0.2, -0.15) is 0 Å². The molecular weight excluding hydrogens is 231 g/mol. The minimum atomic E-state index is -3.79. The molecule has 0 saturated heterocycles. The van der Waals surface area contributed by atoms with Crippen LogP contribution in [0, 0.1) is 12.7 Å². The summed E-state index contributed by atoms with van der Waals surface area (Å²) in [5.74, 6) is -1.43. The minimum absolute atomic E-state index is 0.0301. The first-order valence-electron chi connectivity index (χ1n) is 3.70. The summed E-state index contributed by atoms with van der Waals surface area (Å²) in [6, 6.07) is 2.06. The summed E-state index contributed by atoms with van der Waals surface area (Å²) in [6.07, 6.45) is 0. The Morgan fingerprint density at radius 2 is 2.07 bits per heavy atom. The predicted molar refractivity (Wildman–Crippen MR) is 51.3 cm³/mol. The van der Waals surface area contributed by atoms with Crippen LogP contribution in [0.1, 0.15) is 11.1 Å². The van der Waals surface area contributed by atoms with Crippen molar-refractivity contribution >= 4 is 19.7 Å². The van der Waals surface area contributed by atoms with E-state index in [1.165, 1.54) is 6.92 Å². The second kappa shape index (κ2) is 3.74. The SMILES string of the molecule is Cc1cc(F)cc(CS(=O)(=O)Cl)c1O. The second-order valence-electron chi connectivity index (χ2n) is 2.91. The average Bonchev–Trinajstić information content (AvgIpc) is 1.96. The Labute approximate surface area is 85.6 Å². The molecule has 1 aromatic rings. The van der Waals surface area contributed by atoms with E-state index >= 15 is 0 Å². The van der Waals surface area contributed by atoms with Gasteiger partial charge in [-0.15, -0.1) is 0 Å². The first-order valence-corrected chi connectivity index (χ1v) is 6.18. The number of aromatic hydroxyl groups is 1. The van der Waals surface area contributed by atoms with Crippen LogP contribution >= 0.6 is 10.7 Å². The molecule has 3 nitrogen and oxygen atoms in total. The molecule has 1 aromatic carbocycles. The molecule has 0 unspecified atom stereocenters. The summed E-state index contributed by atoms with van der Waals surface area (Å²) in [6.45, 7) is 1.47. The summed E-state index contributed by atoms with van der Waals surface area (Å²) >= 11 is 0. The van der Waals surface area contributed by atoms with E-state index in [0.717, 1.165) is 12.1 Å². The minimum Gasteiger partial charge on any atom is -0.507 e. The highest BCUT2D eigenvalue weighted by Crippen LogP contribution is 2.25. The van der Waals surface area contributed by atoms with Crippen molar-refractivity contribution in [3.05, 3.63) is 29.1 Å². The molecule has 14 heavy (non-hydrogen) atoms. The molecule has 0 aliphatic carbocycles. The lowest BCUT2D eigenvalue weighted by molar-refractivity contribution is 0.463. The van der Waals surface area contributed by atoms with Crippen LogP contribution < -0.4 is 0 Å². The van der Waals surface area contributed by atoms with Crippen LogP contribution in [0.15, 0.2) is 12.1 Å². The maximum atomic E-state index is 12.8. The third-order valence-corrected chi connectivity index (χ3v) is 2.66. The Kier molecular flexibility index (Phi) is 3.01. The first-order chi connectivity index (χ1) is 6.29. The standard InChI is InChI=1S/C8H8ClFO3S/c1-5-2-7(10)3-6(8(5)11)4-14(9,12)13/h2-3,11H,4H2,1H3. The highest BCUT2D eigenvalue weighted by molar-refractivity contribution is 8.13. The van der Waals surface area contributed by atoms with Crippen LogP contribution in [0.5, 0.6) is 5.75 Å². The van der Waals surface area contributed by atoms with Gasteiger partial charge in [0.1, 0.15) is 11.6 Å². The molecule has 0 atom stereocenters. The van der Waals surface area contributed by atoms with Gasteiger partial charge in [-0.05, 0) is 24.6 Å². The zero-order chi connectivity index (χ0) is 10.9. The van der Waals surface area contributed by atoms with Crippen molar-refractivity contribution in [3.8, 4) is 5.75 Å². The number of phenols is 1. The summed E-state index contributed by atoms with van der Waals surface area (Å²) < 4.78 is 34.2. The van der Waals surface area contributed by atoms with Gasteiger partial charge in [-0.1, -0.05) is 0 Å². The summed E-state index contributed by atoms with van der Waals surface area (Å²) in [5, 5.41) is 9.40. The van der Waals surface area contributed by atoms with Gasteiger partial charge in [0.25, 0.3) is 0 Å². The molecule has 0 aromatic heterocycles. The number of benzene rings is 1. The Balaban J connectivity index is 3.22. The van der Waals surface area contributed by atoms with E-state index < -0.39 is 20.6 Å². The van der Waals surface area contributed by atoms with Crippen LogP contribution in [0.3, 0.4) is 0 Å². The number of halogens is 2. The van der Waals surface area contributed by atoms with Crippen molar-refractivity contribution in [3.63, 3.8) is 0 Å². The fourth-order valence-corrected chi connectivity index (χ4v) is 2.04. The molecule has 0 bridgehead atoms. The third-order valence-electron chi connectivity index (χ3n) is 1.67. The summed E-state index contributed by atoms with van der Waals surface area (Å²) in [5.41, 5.74) is 0.248. The number of rotatable bonds is 2. The van der Waals surface area contributed by atoms with Gasteiger partial charge >= 0.3 is 0 Å². The molecule has 1 N–H and O–H groups in total. The number of phenolic OH excluding ortho intramolecular Hbond substituents is 1. The molecule has 0 aliphatic rings. The number of hydrogen-bond donors (Lipinski definition) is 1. The van der Waals surface area contributed by atoms with Crippen molar-refractivity contribution in [1.82, 2.24) is 0 Å². The molecule has 0 heterocycles. The van der Waals surface area contributed by atoms with Crippen LogP contribution in [0.2, 0.25) is 0 Å². The molecule has 78 valence electrons. The predicted octanol–water partition coefficient (Wildman–Crippen LogP) is 1.91. The van der Waals surface area contributed by atoms with E-state index in [9.17, 15) is 17.9 Å². The van der Waals surface area contributed by atoms with Crippen molar-refractivity contribution in [2.75, 3.05) is 0 Å². The number of aryl methyl sites for hydroxylation is 1. The zero-order valence-electron chi connectivity index (χ0n) is 7.29. The lowest BCUT2D eigenvalue weighted by Crippen LogP contribution is -1.97. The van der Waals surface area contributed by atoms with E-state index in [4.69, 9.17) is 10.7 Å². The van der Waals surface area contributed by atoms with Gasteiger partial charge in [0.15, 0.2) is 0 Å². The van der Waals surface area contributed by atoms with Gasteiger partial charge < -0.3 is 5.11 Å². The van der Waals surface area contributed by atoms with Crippen molar-refractivity contribution in [2.45, 2.75) is 12.7 Å². The van der Waals surface area contributed by atoms with E-state index in [-0.39, 0.29) is 16.9 Å². The Morgan fingerprint density at radius 3 is 2.57 bits per heavy atom. The summed E-state index contributed by atoms with van der Waals surface area (Å²) in [4.78, 5) is 0. The second-order valence-corrected chi connectivity index (χ2v) is 5.69. The Hall–Kier alpha value is -0.810. The van der Waals surface area contributed by atoms with E-state index in [2.05, 4.69) is 0 Å². The fourth-order valence-electron chi connectivity index (χ4n) is 1.10. The normalized spacial score (nSPS) is 11.6. The van der Waals surface area contributed by atoms with Crippen LogP contribution in [-0.4, -0.2) is 13.5 Å². The first kappa shape index (κ1) is 11.3. The van der Waals surface area contributed by atoms with E-state index in [1.807, 2.05) is 0 Å². The van der Waals surface area contributed by atoms with Gasteiger partial charge in [-0.3, -0.25) is 0 Å². The molecule has 0 fully saturated rings. The van der Waals surface area contributed by atoms with Gasteiger partial charge in [0, 0.05) is 16.2 Å². The van der Waals surface area contributed by atoms with E-state index in [0.29, 0.717) is 0 Å². The molecule has 0 radical (unpaired) electrons. The topological polar surface area (TPSA) is 54.4 Å². The van der Waals surface area contributed by atoms with E-state index in [1.54, 1.807) is 0 Å². The number of hydrogen-bond acceptors (Lipinski definition) is 3. The third kappa shape index (κ3) is 2.85. The van der Waals surface area contributed by atoms with Crippen molar-refractivity contribution in [1.29, 1.82) is 0 Å². The quantitative estimate of drug-likeness (QED) is 0.801. The van der Waals surface area contributed by atoms with Crippen LogP contribution in [0.25, 0.3) is 0 Å². The van der Waals surface area contributed by atoms with Crippen LogP contribution in [-0.2, 0) is 14.8 Å². The molecule has 0 spiro atoms. The monoisotopic (exact) mass is 238 g/mol. The Bertz CT molecular complexity index is 456.